The third-order valence-corrected chi connectivity index (χ3v) is 5.98. The Morgan fingerprint density at radius 3 is 2.67 bits per heavy atom. The van der Waals surface area contributed by atoms with Crippen LogP contribution in [0.25, 0.3) is 0 Å². The van der Waals surface area contributed by atoms with Gasteiger partial charge in [0.15, 0.2) is 0 Å². The molecule has 1 saturated heterocycles. The van der Waals surface area contributed by atoms with Crippen molar-refractivity contribution >= 4 is 9.84 Å². The van der Waals surface area contributed by atoms with Gasteiger partial charge < -0.3 is 9.84 Å². The van der Waals surface area contributed by atoms with Gasteiger partial charge in [0.1, 0.15) is 9.84 Å². The van der Waals surface area contributed by atoms with Crippen molar-refractivity contribution in [3.63, 3.8) is 0 Å². The molecule has 0 aromatic carbocycles. The fraction of sp³-hybridized carbons (Fsp3) is 1.00. The fourth-order valence-electron chi connectivity index (χ4n) is 3.21. The Hall–Kier alpha value is -0.130. The summed E-state index contributed by atoms with van der Waals surface area (Å²) in [6.07, 6.45) is 7.08. The summed E-state index contributed by atoms with van der Waals surface area (Å²) in [4.78, 5) is 0. The molecule has 0 amide bonds. The Balaban J connectivity index is 1.87. The first-order chi connectivity index (χ1) is 8.47. The van der Waals surface area contributed by atoms with Crippen molar-refractivity contribution in [3.05, 3.63) is 0 Å². The lowest BCUT2D eigenvalue weighted by Gasteiger charge is -2.32. The zero-order valence-corrected chi connectivity index (χ0v) is 11.9. The van der Waals surface area contributed by atoms with E-state index in [-0.39, 0.29) is 17.3 Å². The second-order valence-corrected chi connectivity index (χ2v) is 8.14. The van der Waals surface area contributed by atoms with E-state index < -0.39 is 15.9 Å². The Labute approximate surface area is 110 Å². The molecule has 0 radical (unpaired) electrons. The zero-order valence-electron chi connectivity index (χ0n) is 11.0. The monoisotopic (exact) mass is 276 g/mol. The van der Waals surface area contributed by atoms with Crippen LogP contribution in [0.3, 0.4) is 0 Å². The molecule has 4 atom stereocenters. The first-order valence-electron chi connectivity index (χ1n) is 6.95. The van der Waals surface area contributed by atoms with Crippen molar-refractivity contribution in [2.75, 3.05) is 12.9 Å². The average Bonchev–Trinajstić information content (AvgIpc) is 2.81. The van der Waals surface area contributed by atoms with Gasteiger partial charge in [-0.05, 0) is 44.4 Å². The Kier molecular flexibility index (Phi) is 4.67. The van der Waals surface area contributed by atoms with E-state index in [1.165, 1.54) is 6.26 Å². The highest BCUT2D eigenvalue weighted by Crippen LogP contribution is 2.33. The van der Waals surface area contributed by atoms with Crippen LogP contribution in [-0.2, 0) is 14.6 Å². The molecular formula is C13H24O4S. The SMILES string of the molecule is CS(=O)(=O)C1CCCC(C(O)CC2CCCO2)C1. The number of aliphatic hydroxyl groups is 1. The van der Waals surface area contributed by atoms with Crippen LogP contribution in [0.15, 0.2) is 0 Å². The van der Waals surface area contributed by atoms with E-state index in [0.717, 1.165) is 38.7 Å². The van der Waals surface area contributed by atoms with E-state index in [2.05, 4.69) is 0 Å². The molecule has 0 aromatic heterocycles. The average molecular weight is 276 g/mol. The van der Waals surface area contributed by atoms with Gasteiger partial charge in [0.05, 0.1) is 17.5 Å². The summed E-state index contributed by atoms with van der Waals surface area (Å²) in [5.74, 6) is 0.127. The maximum atomic E-state index is 11.6. The van der Waals surface area contributed by atoms with Crippen LogP contribution >= 0.6 is 0 Å². The number of aliphatic hydroxyl groups excluding tert-OH is 1. The lowest BCUT2D eigenvalue weighted by atomic mass is 9.83. The lowest BCUT2D eigenvalue weighted by molar-refractivity contribution is 0.0181. The maximum Gasteiger partial charge on any atom is 0.150 e. The van der Waals surface area contributed by atoms with E-state index in [1.54, 1.807) is 0 Å². The third-order valence-electron chi connectivity index (χ3n) is 4.34. The summed E-state index contributed by atoms with van der Waals surface area (Å²) >= 11 is 0. The molecule has 1 saturated carbocycles. The first kappa shape index (κ1) is 14.3. The van der Waals surface area contributed by atoms with Gasteiger partial charge in [-0.3, -0.25) is 0 Å². The normalized spacial score (nSPS) is 35.6. The highest BCUT2D eigenvalue weighted by molar-refractivity contribution is 7.91. The smallest absolute Gasteiger partial charge is 0.150 e. The van der Waals surface area contributed by atoms with E-state index in [4.69, 9.17) is 4.74 Å². The molecule has 4 nitrogen and oxygen atoms in total. The van der Waals surface area contributed by atoms with Crippen molar-refractivity contribution in [2.45, 2.75) is 62.4 Å². The zero-order chi connectivity index (χ0) is 13.2. The number of hydrogen-bond acceptors (Lipinski definition) is 4. The minimum absolute atomic E-state index is 0.127. The van der Waals surface area contributed by atoms with E-state index in [0.29, 0.717) is 12.8 Å². The molecule has 4 unspecified atom stereocenters. The molecule has 2 rings (SSSR count). The highest BCUT2D eigenvalue weighted by atomic mass is 32.2. The molecule has 106 valence electrons. The van der Waals surface area contributed by atoms with Crippen molar-refractivity contribution in [2.24, 2.45) is 5.92 Å². The van der Waals surface area contributed by atoms with E-state index >= 15 is 0 Å². The van der Waals surface area contributed by atoms with Gasteiger partial charge in [-0.1, -0.05) is 6.42 Å². The molecule has 0 bridgehead atoms. The molecule has 2 aliphatic rings. The second kappa shape index (κ2) is 5.88. The maximum absolute atomic E-state index is 11.6. The quantitative estimate of drug-likeness (QED) is 0.845. The van der Waals surface area contributed by atoms with Crippen LogP contribution in [0.2, 0.25) is 0 Å². The lowest BCUT2D eigenvalue weighted by Crippen LogP contribution is -2.34. The molecule has 0 aromatic rings. The molecule has 0 spiro atoms. The van der Waals surface area contributed by atoms with Crippen molar-refractivity contribution in [1.29, 1.82) is 0 Å². The molecule has 1 N–H and O–H groups in total. The summed E-state index contributed by atoms with van der Waals surface area (Å²) < 4.78 is 28.7. The number of sulfone groups is 1. The van der Waals surface area contributed by atoms with Crippen LogP contribution in [0.5, 0.6) is 0 Å². The summed E-state index contributed by atoms with van der Waals surface area (Å²) in [7, 11) is -2.96. The molecule has 1 heterocycles. The Bertz CT molecular complexity index is 359. The van der Waals surface area contributed by atoms with Crippen molar-refractivity contribution in [1.82, 2.24) is 0 Å². The molecule has 18 heavy (non-hydrogen) atoms. The second-order valence-electron chi connectivity index (χ2n) is 5.82. The molecular weight excluding hydrogens is 252 g/mol. The van der Waals surface area contributed by atoms with Gasteiger partial charge in [-0.25, -0.2) is 8.42 Å². The molecule has 1 aliphatic carbocycles. The topological polar surface area (TPSA) is 63.6 Å². The fourth-order valence-corrected chi connectivity index (χ4v) is 4.40. The van der Waals surface area contributed by atoms with Crippen molar-refractivity contribution in [3.8, 4) is 0 Å². The van der Waals surface area contributed by atoms with Gasteiger partial charge in [0, 0.05) is 12.9 Å². The number of rotatable bonds is 4. The summed E-state index contributed by atoms with van der Waals surface area (Å²) in [6.45, 7) is 0.800. The van der Waals surface area contributed by atoms with Crippen LogP contribution in [-0.4, -0.2) is 43.8 Å². The number of hydrogen-bond donors (Lipinski definition) is 1. The summed E-state index contributed by atoms with van der Waals surface area (Å²) in [5, 5.41) is 9.99. The number of ether oxygens (including phenoxy) is 1. The largest absolute Gasteiger partial charge is 0.393 e. The van der Waals surface area contributed by atoms with Crippen LogP contribution in [0.4, 0.5) is 0 Å². The van der Waals surface area contributed by atoms with Crippen LogP contribution in [0, 0.1) is 5.92 Å². The molecule has 2 fully saturated rings. The summed E-state index contributed by atoms with van der Waals surface area (Å²) in [5.41, 5.74) is 0. The minimum Gasteiger partial charge on any atom is -0.393 e. The standard InChI is InChI=1S/C13H24O4S/c1-18(15,16)12-6-2-4-10(8-12)13(14)9-11-5-3-7-17-11/h10-14H,2-9H2,1H3. The minimum atomic E-state index is -2.96. The van der Waals surface area contributed by atoms with Gasteiger partial charge in [0.25, 0.3) is 0 Å². The first-order valence-corrected chi connectivity index (χ1v) is 8.91. The highest BCUT2D eigenvalue weighted by Gasteiger charge is 2.33. The van der Waals surface area contributed by atoms with Gasteiger partial charge in [-0.15, -0.1) is 0 Å². The molecule has 1 aliphatic heterocycles. The predicted molar refractivity (Wildman–Crippen MR) is 70.2 cm³/mol. The van der Waals surface area contributed by atoms with Crippen LogP contribution in [0.1, 0.15) is 44.9 Å². The van der Waals surface area contributed by atoms with Gasteiger partial charge in [-0.2, -0.15) is 0 Å². The Morgan fingerprint density at radius 1 is 1.28 bits per heavy atom. The van der Waals surface area contributed by atoms with Crippen LogP contribution < -0.4 is 0 Å². The predicted octanol–water partition coefficient (Wildman–Crippen LogP) is 1.52. The summed E-state index contributed by atoms with van der Waals surface area (Å²) in [6, 6.07) is 0. The molecule has 5 heteroatoms. The van der Waals surface area contributed by atoms with Gasteiger partial charge >= 0.3 is 0 Å². The van der Waals surface area contributed by atoms with E-state index in [1.807, 2.05) is 0 Å². The Morgan fingerprint density at radius 2 is 2.06 bits per heavy atom. The van der Waals surface area contributed by atoms with E-state index in [9.17, 15) is 13.5 Å². The van der Waals surface area contributed by atoms with Crippen molar-refractivity contribution < 1.29 is 18.3 Å². The third kappa shape index (κ3) is 3.68. The van der Waals surface area contributed by atoms with Gasteiger partial charge in [0.2, 0.25) is 0 Å².